The van der Waals surface area contributed by atoms with Gasteiger partial charge in [0.05, 0.1) is 13.2 Å². The lowest BCUT2D eigenvalue weighted by molar-refractivity contribution is -0.214. The molecule has 0 aromatic carbocycles. The maximum atomic E-state index is 14.8. The molecule has 2 atom stereocenters. The Morgan fingerprint density at radius 3 is 2.30 bits per heavy atom. The topological polar surface area (TPSA) is 18.5 Å². The van der Waals surface area contributed by atoms with Crippen molar-refractivity contribution in [2.75, 3.05) is 13.2 Å². The molecule has 3 aliphatic carbocycles. The number of allylic oxidation sites excluding steroid dienone is 7. The average molecular weight is 373 g/mol. The fourth-order valence-electron chi connectivity index (χ4n) is 4.85. The van der Waals surface area contributed by atoms with Gasteiger partial charge in [-0.2, -0.15) is 0 Å². The normalized spacial score (nSPS) is 40.2. The van der Waals surface area contributed by atoms with Crippen LogP contribution in [-0.2, 0) is 9.47 Å². The highest BCUT2D eigenvalue weighted by Gasteiger charge is 2.30. The summed E-state index contributed by atoms with van der Waals surface area (Å²) >= 11 is 0. The second-order valence-corrected chi connectivity index (χ2v) is 9.08. The third kappa shape index (κ3) is 4.46. The van der Waals surface area contributed by atoms with E-state index in [4.69, 9.17) is 9.47 Å². The van der Waals surface area contributed by atoms with Crippen molar-refractivity contribution in [1.29, 1.82) is 0 Å². The molecule has 1 heterocycles. The van der Waals surface area contributed by atoms with Gasteiger partial charge in [0.25, 0.3) is 0 Å². The molecular weight excluding hydrogens is 339 g/mol. The summed E-state index contributed by atoms with van der Waals surface area (Å²) < 4.78 is 26.5. The summed E-state index contributed by atoms with van der Waals surface area (Å²) in [4.78, 5) is 0. The highest BCUT2D eigenvalue weighted by Crippen LogP contribution is 2.41. The smallest absolute Gasteiger partial charge is 0.164 e. The molecule has 0 amide bonds. The Kier molecular flexibility index (Phi) is 5.99. The van der Waals surface area contributed by atoms with Gasteiger partial charge in [-0.25, -0.2) is 4.39 Å². The maximum Gasteiger partial charge on any atom is 0.164 e. The number of rotatable bonds is 3. The van der Waals surface area contributed by atoms with Gasteiger partial charge in [-0.3, -0.25) is 0 Å². The van der Waals surface area contributed by atoms with Crippen molar-refractivity contribution in [2.24, 2.45) is 29.6 Å². The third-order valence-corrected chi connectivity index (χ3v) is 6.70. The van der Waals surface area contributed by atoms with E-state index in [2.05, 4.69) is 38.2 Å². The minimum atomic E-state index is -0.130. The van der Waals surface area contributed by atoms with Gasteiger partial charge in [0.1, 0.15) is 5.83 Å². The minimum Gasteiger partial charge on any atom is -0.352 e. The quantitative estimate of drug-likeness (QED) is 0.594. The van der Waals surface area contributed by atoms with Crippen LogP contribution in [0.3, 0.4) is 0 Å². The monoisotopic (exact) mass is 372 g/mol. The third-order valence-electron chi connectivity index (χ3n) is 6.70. The van der Waals surface area contributed by atoms with Crippen LogP contribution >= 0.6 is 0 Å². The Hall–Kier alpha value is -1.19. The molecule has 0 aromatic heterocycles. The van der Waals surface area contributed by atoms with Gasteiger partial charge in [0.2, 0.25) is 0 Å². The van der Waals surface area contributed by atoms with Gasteiger partial charge in [-0.1, -0.05) is 51.0 Å². The standard InChI is InChI=1S/C24H33FO2/c1-16-3-5-19(6-4-16)22-12-11-21(13-23(22)25)18-7-9-20(10-8-18)24-26-14-17(2)15-27-24/h7-9,12-13,16-17,19-21,24H,3-6,10-11,14-15H2,1-2H3. The summed E-state index contributed by atoms with van der Waals surface area (Å²) in [6.07, 6.45) is 17.1. The zero-order valence-corrected chi connectivity index (χ0v) is 16.7. The van der Waals surface area contributed by atoms with E-state index in [-0.39, 0.29) is 24.0 Å². The highest BCUT2D eigenvalue weighted by molar-refractivity contribution is 5.39. The molecule has 4 rings (SSSR count). The predicted octanol–water partition coefficient (Wildman–Crippen LogP) is 6.12. The summed E-state index contributed by atoms with van der Waals surface area (Å²) in [5.41, 5.74) is 2.22. The Balaban J connectivity index is 1.34. The average Bonchev–Trinajstić information content (AvgIpc) is 2.69. The molecule has 2 nitrogen and oxygen atoms in total. The van der Waals surface area contributed by atoms with Crippen molar-refractivity contribution in [1.82, 2.24) is 0 Å². The zero-order valence-electron chi connectivity index (χ0n) is 16.7. The van der Waals surface area contributed by atoms with Crippen LogP contribution in [0, 0.1) is 29.6 Å². The van der Waals surface area contributed by atoms with Crippen LogP contribution in [0.5, 0.6) is 0 Å². The Morgan fingerprint density at radius 1 is 0.926 bits per heavy atom. The summed E-state index contributed by atoms with van der Waals surface area (Å²) in [7, 11) is 0. The van der Waals surface area contributed by atoms with Crippen molar-refractivity contribution < 1.29 is 13.9 Å². The lowest BCUT2D eigenvalue weighted by Crippen LogP contribution is -2.35. The maximum absolute atomic E-state index is 14.8. The first kappa shape index (κ1) is 19.1. The Morgan fingerprint density at radius 2 is 1.67 bits per heavy atom. The molecule has 2 unspecified atom stereocenters. The van der Waals surface area contributed by atoms with E-state index in [0.717, 1.165) is 50.4 Å². The van der Waals surface area contributed by atoms with Crippen LogP contribution in [0.4, 0.5) is 4.39 Å². The van der Waals surface area contributed by atoms with Gasteiger partial charge in [-0.05, 0) is 54.7 Å². The van der Waals surface area contributed by atoms with Crippen molar-refractivity contribution >= 4 is 0 Å². The first-order chi connectivity index (χ1) is 13.1. The molecule has 1 aliphatic heterocycles. The van der Waals surface area contributed by atoms with Crippen LogP contribution in [0.1, 0.15) is 52.4 Å². The SMILES string of the molecule is CC1CCC(C2=CCC(C3=CCC(C4OCC(C)CO4)C=C3)C=C2F)CC1. The van der Waals surface area contributed by atoms with Gasteiger partial charge in [0.15, 0.2) is 6.29 Å². The molecular formula is C24H33FO2. The molecule has 0 radical (unpaired) electrons. The van der Waals surface area contributed by atoms with Gasteiger partial charge in [0, 0.05) is 17.8 Å². The van der Waals surface area contributed by atoms with Crippen LogP contribution in [0.25, 0.3) is 0 Å². The number of hydrogen-bond acceptors (Lipinski definition) is 2. The van der Waals surface area contributed by atoms with E-state index in [0.29, 0.717) is 11.8 Å². The molecule has 2 fully saturated rings. The molecule has 148 valence electrons. The van der Waals surface area contributed by atoms with Crippen molar-refractivity contribution in [3.05, 3.63) is 47.4 Å². The summed E-state index contributed by atoms with van der Waals surface area (Å²) in [6, 6.07) is 0. The van der Waals surface area contributed by atoms with Gasteiger partial charge in [-0.15, -0.1) is 0 Å². The molecule has 4 aliphatic rings. The summed E-state index contributed by atoms with van der Waals surface area (Å²) in [5, 5.41) is 0. The van der Waals surface area contributed by atoms with E-state index >= 15 is 0 Å². The molecule has 0 spiro atoms. The fraction of sp³-hybridized carbons (Fsp3) is 0.667. The van der Waals surface area contributed by atoms with Crippen LogP contribution in [-0.4, -0.2) is 19.5 Å². The van der Waals surface area contributed by atoms with Gasteiger partial charge < -0.3 is 9.47 Å². The number of hydrogen-bond donors (Lipinski definition) is 0. The zero-order chi connectivity index (χ0) is 18.8. The van der Waals surface area contributed by atoms with E-state index < -0.39 is 0 Å². The predicted molar refractivity (Wildman–Crippen MR) is 107 cm³/mol. The molecule has 1 saturated heterocycles. The molecule has 0 bridgehead atoms. The van der Waals surface area contributed by atoms with Crippen LogP contribution in [0.15, 0.2) is 47.4 Å². The van der Waals surface area contributed by atoms with Gasteiger partial charge >= 0.3 is 0 Å². The molecule has 0 N–H and O–H groups in total. The molecule has 0 aromatic rings. The second kappa shape index (κ2) is 8.45. The molecule has 27 heavy (non-hydrogen) atoms. The summed E-state index contributed by atoms with van der Waals surface area (Å²) in [6.45, 7) is 6.00. The van der Waals surface area contributed by atoms with E-state index in [9.17, 15) is 4.39 Å². The van der Waals surface area contributed by atoms with Crippen LogP contribution < -0.4 is 0 Å². The number of halogens is 1. The van der Waals surface area contributed by atoms with Crippen LogP contribution in [0.2, 0.25) is 0 Å². The minimum absolute atomic E-state index is 0.0233. The Bertz CT molecular complexity index is 643. The van der Waals surface area contributed by atoms with E-state index in [1.165, 1.54) is 18.4 Å². The van der Waals surface area contributed by atoms with Crippen molar-refractivity contribution in [2.45, 2.75) is 58.7 Å². The first-order valence-electron chi connectivity index (χ1n) is 10.8. The summed E-state index contributed by atoms with van der Waals surface area (Å²) in [5.74, 6) is 2.17. The lowest BCUT2D eigenvalue weighted by atomic mass is 9.76. The highest BCUT2D eigenvalue weighted by atomic mass is 19.1. The van der Waals surface area contributed by atoms with Crippen molar-refractivity contribution in [3.63, 3.8) is 0 Å². The van der Waals surface area contributed by atoms with E-state index in [1.807, 2.05) is 6.08 Å². The van der Waals surface area contributed by atoms with E-state index in [1.54, 1.807) is 0 Å². The molecule has 1 saturated carbocycles. The number of ether oxygens (including phenoxy) is 2. The van der Waals surface area contributed by atoms with Crippen molar-refractivity contribution in [3.8, 4) is 0 Å². The molecule has 3 heteroatoms. The lowest BCUT2D eigenvalue weighted by Gasteiger charge is -2.33. The second-order valence-electron chi connectivity index (χ2n) is 9.08. The Labute approximate surface area is 163 Å². The largest absolute Gasteiger partial charge is 0.352 e. The fourth-order valence-corrected chi connectivity index (χ4v) is 4.85. The first-order valence-corrected chi connectivity index (χ1v) is 10.8.